The van der Waals surface area contributed by atoms with Gasteiger partial charge in [0.05, 0.1) is 18.4 Å². The average Bonchev–Trinajstić information content (AvgIpc) is 3.07. The third kappa shape index (κ3) is 2.91. The van der Waals surface area contributed by atoms with E-state index in [-0.39, 0.29) is 24.3 Å². The first-order chi connectivity index (χ1) is 10.1. The van der Waals surface area contributed by atoms with Gasteiger partial charge in [-0.3, -0.25) is 9.59 Å². The number of amides is 2. The normalized spacial score (nSPS) is 18.5. The summed E-state index contributed by atoms with van der Waals surface area (Å²) in [4.78, 5) is 25.7. The van der Waals surface area contributed by atoms with Crippen molar-refractivity contribution in [1.82, 2.24) is 0 Å². The summed E-state index contributed by atoms with van der Waals surface area (Å²) in [6, 6.07) is 10.4. The summed E-state index contributed by atoms with van der Waals surface area (Å²) >= 11 is 3.34. The molecule has 1 aromatic carbocycles. The van der Waals surface area contributed by atoms with Crippen molar-refractivity contribution in [3.8, 4) is 0 Å². The molecule has 0 unspecified atom stereocenters. The highest BCUT2D eigenvalue weighted by atomic mass is 79.9. The Morgan fingerprint density at radius 1 is 1.24 bits per heavy atom. The van der Waals surface area contributed by atoms with Crippen LogP contribution in [0.4, 0.5) is 5.69 Å². The number of halogens is 1. The molecule has 1 atom stereocenters. The van der Waals surface area contributed by atoms with Gasteiger partial charge < -0.3 is 9.73 Å². The first kappa shape index (κ1) is 14.0. The Morgan fingerprint density at radius 3 is 2.67 bits per heavy atom. The first-order valence-corrected chi connectivity index (χ1v) is 7.42. The van der Waals surface area contributed by atoms with E-state index in [2.05, 4.69) is 15.9 Å². The Kier molecular flexibility index (Phi) is 3.90. The lowest BCUT2D eigenvalue weighted by molar-refractivity contribution is -0.691. The van der Waals surface area contributed by atoms with Crippen LogP contribution in [0.15, 0.2) is 51.6 Å². The molecule has 5 nitrogen and oxygen atoms in total. The van der Waals surface area contributed by atoms with Gasteiger partial charge in [-0.1, -0.05) is 15.9 Å². The van der Waals surface area contributed by atoms with Gasteiger partial charge in [-0.05, 0) is 36.4 Å². The second kappa shape index (κ2) is 5.83. The van der Waals surface area contributed by atoms with Gasteiger partial charge in [0.15, 0.2) is 11.8 Å². The van der Waals surface area contributed by atoms with Crippen LogP contribution in [0.25, 0.3) is 0 Å². The van der Waals surface area contributed by atoms with Crippen LogP contribution in [0, 0.1) is 0 Å². The second-order valence-electron chi connectivity index (χ2n) is 4.87. The molecule has 1 fully saturated rings. The van der Waals surface area contributed by atoms with E-state index in [1.54, 1.807) is 24.5 Å². The minimum Gasteiger partial charge on any atom is -0.463 e. The lowest BCUT2D eigenvalue weighted by Crippen LogP contribution is -2.90. The van der Waals surface area contributed by atoms with Crippen LogP contribution in [-0.2, 0) is 16.1 Å². The molecule has 108 valence electrons. The quantitative estimate of drug-likeness (QED) is 0.849. The van der Waals surface area contributed by atoms with E-state index in [1.807, 2.05) is 23.5 Å². The minimum absolute atomic E-state index is 0.164. The highest BCUT2D eigenvalue weighted by Crippen LogP contribution is 2.23. The lowest BCUT2D eigenvalue weighted by Gasteiger charge is -2.14. The molecule has 2 N–H and O–H groups in total. The fourth-order valence-corrected chi connectivity index (χ4v) is 2.65. The molecule has 2 amide bonds. The monoisotopic (exact) mass is 349 g/mol. The van der Waals surface area contributed by atoms with Crippen molar-refractivity contribution in [2.75, 3.05) is 4.90 Å². The summed E-state index contributed by atoms with van der Waals surface area (Å²) in [6.45, 7) is 0.546. The van der Waals surface area contributed by atoms with Crippen molar-refractivity contribution in [2.24, 2.45) is 0 Å². The maximum atomic E-state index is 12.4. The van der Waals surface area contributed by atoms with Gasteiger partial charge in [0, 0.05) is 4.47 Å². The summed E-state index contributed by atoms with van der Waals surface area (Å²) in [6.07, 6.45) is 1.81. The van der Waals surface area contributed by atoms with E-state index in [0.717, 1.165) is 10.2 Å². The summed E-state index contributed by atoms with van der Waals surface area (Å²) in [5.41, 5.74) is 0.613. The van der Waals surface area contributed by atoms with Gasteiger partial charge >= 0.3 is 0 Å². The second-order valence-corrected chi connectivity index (χ2v) is 5.79. The van der Waals surface area contributed by atoms with Crippen LogP contribution in [-0.4, -0.2) is 17.9 Å². The fraction of sp³-hybridized carbons (Fsp3) is 0.200. The average molecular weight is 350 g/mol. The third-order valence-corrected chi connectivity index (χ3v) is 3.98. The standard InChI is InChI=1S/C15H13BrN2O3/c16-10-3-5-11(6-4-10)18-14(19)8-13(15(18)20)17-9-12-2-1-7-21-12/h1-7,13,17H,8-9H2/p+1/t13-/m0/s1. The topological polar surface area (TPSA) is 67.1 Å². The number of hydrogen-bond acceptors (Lipinski definition) is 3. The summed E-state index contributed by atoms with van der Waals surface area (Å²) in [7, 11) is 0. The van der Waals surface area contributed by atoms with Gasteiger partial charge in [0.1, 0.15) is 6.54 Å². The van der Waals surface area contributed by atoms with E-state index >= 15 is 0 Å². The maximum absolute atomic E-state index is 12.4. The van der Waals surface area contributed by atoms with Crippen molar-refractivity contribution >= 4 is 33.4 Å². The maximum Gasteiger partial charge on any atom is 0.292 e. The van der Waals surface area contributed by atoms with E-state index in [9.17, 15) is 9.59 Å². The molecule has 0 bridgehead atoms. The molecule has 2 aromatic rings. The van der Waals surface area contributed by atoms with Crippen molar-refractivity contribution in [2.45, 2.75) is 19.0 Å². The molecule has 1 aliphatic rings. The number of quaternary nitrogens is 1. The van der Waals surface area contributed by atoms with Gasteiger partial charge in [-0.15, -0.1) is 0 Å². The highest BCUT2D eigenvalue weighted by molar-refractivity contribution is 9.10. The van der Waals surface area contributed by atoms with Crippen molar-refractivity contribution < 1.29 is 19.3 Å². The zero-order valence-corrected chi connectivity index (χ0v) is 12.7. The molecule has 2 heterocycles. The highest BCUT2D eigenvalue weighted by Gasteiger charge is 2.42. The molecule has 1 aliphatic heterocycles. The number of nitrogens with zero attached hydrogens (tertiary/aromatic N) is 1. The Labute approximate surface area is 130 Å². The number of carbonyl (C=O) groups excluding carboxylic acids is 2. The number of anilines is 1. The molecule has 1 saturated heterocycles. The Hall–Kier alpha value is -1.92. The summed E-state index contributed by atoms with van der Waals surface area (Å²) in [5, 5.41) is 1.85. The Bertz CT molecular complexity index is 652. The van der Waals surface area contributed by atoms with Crippen LogP contribution >= 0.6 is 15.9 Å². The third-order valence-electron chi connectivity index (χ3n) is 3.45. The Morgan fingerprint density at radius 2 is 2.00 bits per heavy atom. The number of hydrogen-bond donors (Lipinski definition) is 1. The van der Waals surface area contributed by atoms with Crippen LogP contribution in [0.3, 0.4) is 0 Å². The van der Waals surface area contributed by atoms with Crippen molar-refractivity contribution in [3.05, 3.63) is 52.9 Å². The smallest absolute Gasteiger partial charge is 0.292 e. The lowest BCUT2D eigenvalue weighted by atomic mass is 10.2. The summed E-state index contributed by atoms with van der Waals surface area (Å²) in [5.74, 6) is 0.453. The van der Waals surface area contributed by atoms with E-state index in [0.29, 0.717) is 12.2 Å². The van der Waals surface area contributed by atoms with Gasteiger partial charge in [0.2, 0.25) is 5.91 Å². The number of rotatable bonds is 4. The summed E-state index contributed by atoms with van der Waals surface area (Å²) < 4.78 is 6.14. The zero-order chi connectivity index (χ0) is 14.8. The van der Waals surface area contributed by atoms with E-state index < -0.39 is 0 Å². The molecular formula is C15H14BrN2O3+. The first-order valence-electron chi connectivity index (χ1n) is 6.63. The number of furan rings is 1. The molecule has 6 heteroatoms. The minimum atomic E-state index is -0.383. The molecule has 0 aliphatic carbocycles. The van der Waals surface area contributed by atoms with Gasteiger partial charge in [0.25, 0.3) is 5.91 Å². The SMILES string of the molecule is O=C1C[C@H]([NH2+]Cc2ccco2)C(=O)N1c1ccc(Br)cc1. The van der Waals surface area contributed by atoms with Crippen LogP contribution < -0.4 is 10.2 Å². The van der Waals surface area contributed by atoms with Crippen LogP contribution in [0.1, 0.15) is 12.2 Å². The van der Waals surface area contributed by atoms with E-state index in [1.165, 1.54) is 4.90 Å². The molecule has 0 spiro atoms. The van der Waals surface area contributed by atoms with Crippen molar-refractivity contribution in [3.63, 3.8) is 0 Å². The predicted molar refractivity (Wildman–Crippen MR) is 79.4 cm³/mol. The fourth-order valence-electron chi connectivity index (χ4n) is 2.39. The Balaban J connectivity index is 1.71. The number of carbonyl (C=O) groups is 2. The number of benzene rings is 1. The number of imide groups is 1. The number of nitrogens with two attached hydrogens (primary N) is 1. The van der Waals surface area contributed by atoms with Gasteiger partial charge in [-0.25, -0.2) is 4.90 Å². The molecule has 1 aromatic heterocycles. The van der Waals surface area contributed by atoms with Crippen LogP contribution in [0.2, 0.25) is 0 Å². The largest absolute Gasteiger partial charge is 0.463 e. The molecular weight excluding hydrogens is 336 g/mol. The van der Waals surface area contributed by atoms with Crippen molar-refractivity contribution in [1.29, 1.82) is 0 Å². The zero-order valence-electron chi connectivity index (χ0n) is 11.2. The van der Waals surface area contributed by atoms with Crippen LogP contribution in [0.5, 0.6) is 0 Å². The molecule has 21 heavy (non-hydrogen) atoms. The van der Waals surface area contributed by atoms with Gasteiger partial charge in [-0.2, -0.15) is 0 Å². The van der Waals surface area contributed by atoms with E-state index in [4.69, 9.17) is 4.42 Å². The molecule has 3 rings (SSSR count). The molecule has 0 radical (unpaired) electrons. The molecule has 0 saturated carbocycles. The predicted octanol–water partition coefficient (Wildman–Crippen LogP) is 1.44.